The van der Waals surface area contributed by atoms with E-state index in [0.717, 1.165) is 0 Å². The van der Waals surface area contributed by atoms with Crippen LogP contribution in [0.3, 0.4) is 0 Å². The van der Waals surface area contributed by atoms with Gasteiger partial charge in [-0.1, -0.05) is 0 Å². The average Bonchev–Trinajstić information content (AvgIpc) is 0. The molecule has 1 atom stereocenters. The molecule has 0 radical (unpaired) electrons. The summed E-state index contributed by atoms with van der Waals surface area (Å²) < 4.78 is 0. The van der Waals surface area contributed by atoms with Crippen molar-refractivity contribution in [3.05, 3.63) is 0 Å². The summed E-state index contributed by atoms with van der Waals surface area (Å²) in [4.78, 5) is 0. The van der Waals surface area contributed by atoms with Crippen molar-refractivity contribution in [3.63, 3.8) is 0 Å². The van der Waals surface area contributed by atoms with Crippen LogP contribution in [0.1, 0.15) is 0 Å². The first-order valence-corrected chi connectivity index (χ1v) is 0. The molecular formula is H8LiPS2SiSn. The van der Waals surface area contributed by atoms with Gasteiger partial charge in [0.15, 0.2) is 0 Å². The molecule has 34 valence electrons. The van der Waals surface area contributed by atoms with Gasteiger partial charge in [0, 0.05) is 0 Å². The van der Waals surface area contributed by atoms with Crippen molar-refractivity contribution in [1.82, 2.24) is 0 Å². The van der Waals surface area contributed by atoms with Crippen LogP contribution in [0.15, 0.2) is 0 Å². The summed E-state index contributed by atoms with van der Waals surface area (Å²) in [5, 5.41) is 0. The van der Waals surface area contributed by atoms with Crippen LogP contribution in [0.2, 0.25) is 0 Å². The Hall–Kier alpha value is 2.74. The molecule has 0 aromatic carbocycles. The quantitative estimate of drug-likeness (QED) is 0.334. The van der Waals surface area contributed by atoms with Crippen LogP contribution in [0.4, 0.5) is 0 Å². The van der Waals surface area contributed by atoms with Gasteiger partial charge in [0.25, 0.3) is 0 Å². The molecule has 0 aliphatic rings. The molecule has 0 aliphatic carbocycles. The SMILES string of the molecule is P.[LiH].[S-2].[S-2].[SiH4].[Sn+4]. The van der Waals surface area contributed by atoms with Gasteiger partial charge in [-0.25, -0.2) is 0 Å². The van der Waals surface area contributed by atoms with E-state index in [0.29, 0.717) is 0 Å². The van der Waals surface area contributed by atoms with Gasteiger partial charge in [-0.15, -0.1) is 0 Å². The second-order valence-electron chi connectivity index (χ2n) is 0. The van der Waals surface area contributed by atoms with Gasteiger partial charge < -0.3 is 27.0 Å². The molecule has 0 heterocycles. The van der Waals surface area contributed by atoms with Crippen LogP contribution in [-0.2, 0) is 27.0 Å². The zero-order valence-electron chi connectivity index (χ0n) is 2.02. The molecule has 0 N–H and O–H groups in total. The maximum Gasteiger partial charge on any atom is 4.00 e. The maximum absolute atomic E-state index is 0. The number of rotatable bonds is 0. The van der Waals surface area contributed by atoms with Crippen molar-refractivity contribution in [2.75, 3.05) is 0 Å². The van der Waals surface area contributed by atoms with Crippen molar-refractivity contribution >= 4 is 90.6 Å². The van der Waals surface area contributed by atoms with Crippen molar-refractivity contribution in [3.8, 4) is 0 Å². The summed E-state index contributed by atoms with van der Waals surface area (Å²) in [7, 11) is 0. The molecule has 0 nitrogen and oxygen atoms in total. The van der Waals surface area contributed by atoms with Crippen LogP contribution in [0.5, 0.6) is 0 Å². The second kappa shape index (κ2) is 46.8. The fourth-order valence-electron chi connectivity index (χ4n) is 0. The van der Waals surface area contributed by atoms with Crippen LogP contribution in [0.25, 0.3) is 0 Å². The smallest absolute Gasteiger partial charge is 2.00 e. The molecule has 0 rings (SSSR count). The topological polar surface area (TPSA) is 0 Å². The first-order valence-electron chi connectivity index (χ1n) is 0. The van der Waals surface area contributed by atoms with Crippen LogP contribution < -0.4 is 0 Å². The average molecular weight is 257 g/mol. The monoisotopic (exact) mass is 258 g/mol. The zero-order valence-corrected chi connectivity index (χ0v) is 7.92. The fraction of sp³-hybridized carbons (Fsp3) is 0. The Morgan fingerprint density at radius 2 is 0.833 bits per heavy atom. The van der Waals surface area contributed by atoms with Crippen molar-refractivity contribution in [1.29, 1.82) is 0 Å². The van der Waals surface area contributed by atoms with E-state index in [1.807, 2.05) is 0 Å². The summed E-state index contributed by atoms with van der Waals surface area (Å²) in [6.45, 7) is 0. The summed E-state index contributed by atoms with van der Waals surface area (Å²) in [5.41, 5.74) is 0. The molecule has 0 amide bonds. The van der Waals surface area contributed by atoms with Crippen molar-refractivity contribution in [2.45, 2.75) is 0 Å². The Morgan fingerprint density at radius 1 is 0.833 bits per heavy atom. The van der Waals surface area contributed by atoms with Gasteiger partial charge in [-0.2, -0.15) is 9.90 Å². The maximum atomic E-state index is 0. The summed E-state index contributed by atoms with van der Waals surface area (Å²) in [5.74, 6) is 0. The van der Waals surface area contributed by atoms with E-state index >= 15 is 0 Å². The minimum Gasteiger partial charge on any atom is -2.00 e. The molecule has 0 saturated heterocycles. The Balaban J connectivity index is 0. The summed E-state index contributed by atoms with van der Waals surface area (Å²) >= 11 is 0. The van der Waals surface area contributed by atoms with Gasteiger partial charge in [0.05, 0.1) is 0 Å². The molecule has 6 heteroatoms. The van der Waals surface area contributed by atoms with Gasteiger partial charge in [0.2, 0.25) is 0 Å². The predicted molar refractivity (Wildman–Crippen MR) is 50.1 cm³/mol. The van der Waals surface area contributed by atoms with Crippen LogP contribution >= 0.6 is 9.90 Å². The van der Waals surface area contributed by atoms with E-state index < -0.39 is 0 Å². The molecular weight excluding hydrogens is 249 g/mol. The Morgan fingerprint density at radius 3 is 0.833 bits per heavy atom. The summed E-state index contributed by atoms with van der Waals surface area (Å²) in [6, 6.07) is 0. The molecule has 0 fully saturated rings. The molecule has 0 aromatic rings. The van der Waals surface area contributed by atoms with Gasteiger partial charge in [-0.3, -0.25) is 0 Å². The first-order chi connectivity index (χ1) is 0. The third-order valence-corrected chi connectivity index (χ3v) is 0. The minimum absolute atomic E-state index is 0. The van der Waals surface area contributed by atoms with E-state index in [2.05, 4.69) is 0 Å². The number of hydrogen-bond donors (Lipinski definition) is 0. The van der Waals surface area contributed by atoms with Crippen molar-refractivity contribution < 1.29 is 0 Å². The van der Waals surface area contributed by atoms with E-state index in [4.69, 9.17) is 0 Å². The third-order valence-electron chi connectivity index (χ3n) is 0. The van der Waals surface area contributed by atoms with Crippen LogP contribution in [-0.4, -0.2) is 53.7 Å². The molecule has 6 heavy (non-hydrogen) atoms. The Kier molecular flexibility index (Phi) is 543. The van der Waals surface area contributed by atoms with Gasteiger partial charge in [0.1, 0.15) is 0 Å². The van der Waals surface area contributed by atoms with Gasteiger partial charge in [-0.05, 0) is 11.0 Å². The number of hydrogen-bond acceptors (Lipinski definition) is 0. The molecule has 0 bridgehead atoms. The van der Waals surface area contributed by atoms with E-state index in [1.54, 1.807) is 0 Å². The first kappa shape index (κ1) is 69.7. The Bertz CT molecular complexity index is 13.5. The standard InChI is InChI=1S/Li.H3P.2S.H4Si.Sn.H/h;1H3;;;1H4;;/q;;2*-2;;+4;. The minimum atomic E-state index is 0. The molecule has 0 aliphatic heterocycles. The Labute approximate surface area is 89.7 Å². The van der Waals surface area contributed by atoms with Crippen molar-refractivity contribution in [2.24, 2.45) is 0 Å². The molecule has 0 saturated carbocycles. The fourth-order valence-corrected chi connectivity index (χ4v) is 0. The molecule has 0 spiro atoms. The predicted octanol–water partition coefficient (Wildman–Crippen LogP) is -2.43. The molecule has 0 aromatic heterocycles. The normalized spacial score (nSPS) is 0. The van der Waals surface area contributed by atoms with E-state index in [9.17, 15) is 0 Å². The molecule has 1 unspecified atom stereocenters. The van der Waals surface area contributed by atoms with Crippen LogP contribution in [0, 0.1) is 0 Å². The van der Waals surface area contributed by atoms with Gasteiger partial charge >= 0.3 is 42.8 Å². The zero-order chi connectivity index (χ0) is 0. The van der Waals surface area contributed by atoms with E-state index in [-0.39, 0.29) is 90.6 Å². The largest absolute Gasteiger partial charge is 4.00 e. The third kappa shape index (κ3) is 29.6. The summed E-state index contributed by atoms with van der Waals surface area (Å²) in [6.07, 6.45) is 0. The van der Waals surface area contributed by atoms with E-state index in [1.165, 1.54) is 0 Å². The second-order valence-corrected chi connectivity index (χ2v) is 0.